The second-order valence-corrected chi connectivity index (χ2v) is 9.52. The third-order valence-electron chi connectivity index (χ3n) is 4.29. The molecule has 1 N–H and O–H groups in total. The number of furan rings is 1. The number of rotatable bonds is 9. The van der Waals surface area contributed by atoms with Gasteiger partial charge in [0, 0.05) is 17.3 Å². The Labute approximate surface area is 185 Å². The Morgan fingerprint density at radius 3 is 2.50 bits per heavy atom. The minimum absolute atomic E-state index is 0.00556. The molecule has 1 amide bonds. The van der Waals surface area contributed by atoms with Crippen LogP contribution in [0.15, 0.2) is 76.2 Å². The van der Waals surface area contributed by atoms with Gasteiger partial charge < -0.3 is 9.73 Å². The molecule has 0 saturated heterocycles. The first kappa shape index (κ1) is 22.4. The Kier molecular flexibility index (Phi) is 7.55. The number of carbonyl (C=O) groups is 1. The van der Waals surface area contributed by atoms with Gasteiger partial charge in [-0.1, -0.05) is 41.4 Å². The Bertz CT molecular complexity index is 1090. The monoisotopic (exact) mass is 466 g/mol. The molecule has 0 aliphatic carbocycles. The smallest absolute Gasteiger partial charge is 0.238 e. The van der Waals surface area contributed by atoms with Crippen LogP contribution in [0, 0.1) is 0 Å². The molecule has 0 radical (unpaired) electrons. The van der Waals surface area contributed by atoms with E-state index in [4.69, 9.17) is 27.6 Å². The third-order valence-corrected chi connectivity index (χ3v) is 6.69. The lowest BCUT2D eigenvalue weighted by Crippen LogP contribution is -2.36. The second kappa shape index (κ2) is 10.1. The number of sulfone groups is 1. The highest BCUT2D eigenvalue weighted by molar-refractivity contribution is 7.91. The highest BCUT2D eigenvalue weighted by Crippen LogP contribution is 2.26. The van der Waals surface area contributed by atoms with Crippen molar-refractivity contribution < 1.29 is 17.6 Å². The number of anilines is 1. The third kappa shape index (κ3) is 6.34. The summed E-state index contributed by atoms with van der Waals surface area (Å²) in [6.07, 6.45) is 1.53. The van der Waals surface area contributed by atoms with Gasteiger partial charge in [-0.15, -0.1) is 0 Å². The van der Waals surface area contributed by atoms with Crippen molar-refractivity contribution in [3.05, 3.63) is 82.7 Å². The number of nitrogens with zero attached hydrogens (tertiary/aromatic N) is 1. The zero-order valence-electron chi connectivity index (χ0n) is 15.9. The van der Waals surface area contributed by atoms with Gasteiger partial charge in [0.1, 0.15) is 5.76 Å². The van der Waals surface area contributed by atoms with Crippen LogP contribution >= 0.6 is 23.2 Å². The van der Waals surface area contributed by atoms with Crippen LogP contribution in [0.1, 0.15) is 5.76 Å². The van der Waals surface area contributed by atoms with E-state index in [-0.39, 0.29) is 46.2 Å². The van der Waals surface area contributed by atoms with E-state index in [1.807, 2.05) is 18.2 Å². The van der Waals surface area contributed by atoms with Crippen LogP contribution < -0.4 is 5.32 Å². The number of nitrogens with one attached hydrogen (secondary N) is 1. The molecule has 1 heterocycles. The second-order valence-electron chi connectivity index (χ2n) is 6.60. The molecule has 2 aromatic carbocycles. The fraction of sp³-hybridized carbons (Fsp3) is 0.190. The Hall–Kier alpha value is -2.32. The fourth-order valence-electron chi connectivity index (χ4n) is 2.84. The summed E-state index contributed by atoms with van der Waals surface area (Å²) < 4.78 is 30.9. The van der Waals surface area contributed by atoms with Crippen molar-refractivity contribution in [1.82, 2.24) is 4.90 Å². The maximum atomic E-state index is 12.8. The van der Waals surface area contributed by atoms with E-state index >= 15 is 0 Å². The number of hydrogen-bond donors (Lipinski definition) is 1. The lowest BCUT2D eigenvalue weighted by molar-refractivity contribution is -0.117. The molecular weight excluding hydrogens is 447 g/mol. The number of amides is 1. The van der Waals surface area contributed by atoms with Gasteiger partial charge >= 0.3 is 0 Å². The Morgan fingerprint density at radius 2 is 1.80 bits per heavy atom. The van der Waals surface area contributed by atoms with E-state index in [9.17, 15) is 13.2 Å². The zero-order valence-corrected chi connectivity index (χ0v) is 18.3. The summed E-state index contributed by atoms with van der Waals surface area (Å²) in [5, 5.41) is 3.19. The van der Waals surface area contributed by atoms with E-state index in [1.54, 1.807) is 29.2 Å². The lowest BCUT2D eigenvalue weighted by Gasteiger charge is -2.21. The van der Waals surface area contributed by atoms with Crippen LogP contribution in [0.4, 0.5) is 5.69 Å². The van der Waals surface area contributed by atoms with Crippen LogP contribution in [0.3, 0.4) is 0 Å². The first-order chi connectivity index (χ1) is 14.3. The molecule has 6 nitrogen and oxygen atoms in total. The molecular formula is C21H20Cl2N2O4S. The van der Waals surface area contributed by atoms with Gasteiger partial charge in [-0.25, -0.2) is 8.42 Å². The molecule has 0 bridgehead atoms. The van der Waals surface area contributed by atoms with Gasteiger partial charge in [0.2, 0.25) is 5.91 Å². The minimum atomic E-state index is -3.70. The van der Waals surface area contributed by atoms with Gasteiger partial charge in [0.05, 0.1) is 35.0 Å². The van der Waals surface area contributed by atoms with Crippen molar-refractivity contribution in [2.75, 3.05) is 24.2 Å². The minimum Gasteiger partial charge on any atom is -0.468 e. The van der Waals surface area contributed by atoms with Crippen molar-refractivity contribution in [2.45, 2.75) is 11.4 Å². The summed E-state index contributed by atoms with van der Waals surface area (Å²) in [7, 11) is -3.70. The molecule has 3 rings (SSSR count). The van der Waals surface area contributed by atoms with Gasteiger partial charge in [-0.3, -0.25) is 9.69 Å². The number of carbonyl (C=O) groups excluding carboxylic acids is 1. The van der Waals surface area contributed by atoms with Gasteiger partial charge in [-0.2, -0.15) is 0 Å². The highest BCUT2D eigenvalue weighted by atomic mass is 35.5. The molecule has 158 valence electrons. The van der Waals surface area contributed by atoms with Crippen molar-refractivity contribution >= 4 is 44.6 Å². The normalized spacial score (nSPS) is 11.6. The molecule has 9 heteroatoms. The summed E-state index contributed by atoms with van der Waals surface area (Å²) in [4.78, 5) is 14.2. The van der Waals surface area contributed by atoms with Crippen molar-refractivity contribution in [3.8, 4) is 0 Å². The van der Waals surface area contributed by atoms with Crippen LogP contribution in [0.5, 0.6) is 0 Å². The van der Waals surface area contributed by atoms with E-state index < -0.39 is 9.84 Å². The molecule has 0 unspecified atom stereocenters. The van der Waals surface area contributed by atoms with Crippen LogP contribution in [0.2, 0.25) is 10.0 Å². The summed E-state index contributed by atoms with van der Waals surface area (Å²) in [5.74, 6) is 0.137. The molecule has 0 atom stereocenters. The molecule has 0 saturated carbocycles. The maximum Gasteiger partial charge on any atom is 0.238 e. The Balaban J connectivity index is 1.70. The van der Waals surface area contributed by atoms with Gasteiger partial charge in [-0.05, 0) is 42.5 Å². The molecule has 0 fully saturated rings. The molecule has 3 aromatic rings. The zero-order chi connectivity index (χ0) is 21.6. The summed E-state index contributed by atoms with van der Waals surface area (Å²) in [6, 6.07) is 16.9. The lowest BCUT2D eigenvalue weighted by atomic mass is 10.3. The van der Waals surface area contributed by atoms with Gasteiger partial charge in [0.15, 0.2) is 9.84 Å². The first-order valence-electron chi connectivity index (χ1n) is 9.11. The average Bonchev–Trinajstić information content (AvgIpc) is 3.22. The number of benzene rings is 2. The number of halogens is 2. The SMILES string of the molecule is O=C(CN(CCS(=O)(=O)c1cc(Cl)ccc1Cl)Cc1ccco1)Nc1ccccc1. The van der Waals surface area contributed by atoms with E-state index in [2.05, 4.69) is 5.32 Å². The predicted octanol–water partition coefficient (Wildman–Crippen LogP) is 4.50. The largest absolute Gasteiger partial charge is 0.468 e. The highest BCUT2D eigenvalue weighted by Gasteiger charge is 2.22. The van der Waals surface area contributed by atoms with E-state index in [1.165, 1.54) is 24.5 Å². The summed E-state index contributed by atoms with van der Waals surface area (Å²) >= 11 is 12.0. The van der Waals surface area contributed by atoms with Crippen molar-refractivity contribution in [3.63, 3.8) is 0 Å². The standard InChI is InChI=1S/C21H20Cl2N2O4S/c22-16-8-9-19(23)20(13-16)30(27,28)12-10-25(14-18-7-4-11-29-18)15-21(26)24-17-5-2-1-3-6-17/h1-9,11,13H,10,12,14-15H2,(H,24,26). The van der Waals surface area contributed by atoms with E-state index in [0.717, 1.165) is 0 Å². The molecule has 0 spiro atoms. The molecule has 1 aromatic heterocycles. The van der Waals surface area contributed by atoms with Crippen molar-refractivity contribution in [2.24, 2.45) is 0 Å². The van der Waals surface area contributed by atoms with Crippen LogP contribution in [-0.2, 0) is 21.2 Å². The fourth-order valence-corrected chi connectivity index (χ4v) is 4.93. The van der Waals surface area contributed by atoms with Gasteiger partial charge in [0.25, 0.3) is 0 Å². The average molecular weight is 467 g/mol. The summed E-state index contributed by atoms with van der Waals surface area (Å²) in [6.45, 7) is 0.385. The quantitative estimate of drug-likeness (QED) is 0.501. The summed E-state index contributed by atoms with van der Waals surface area (Å²) in [5.41, 5.74) is 0.666. The predicted molar refractivity (Wildman–Crippen MR) is 118 cm³/mol. The molecule has 0 aliphatic rings. The molecule has 0 aliphatic heterocycles. The topological polar surface area (TPSA) is 79.6 Å². The van der Waals surface area contributed by atoms with E-state index in [0.29, 0.717) is 11.4 Å². The number of hydrogen-bond acceptors (Lipinski definition) is 5. The van der Waals surface area contributed by atoms with Crippen LogP contribution in [-0.4, -0.2) is 38.1 Å². The van der Waals surface area contributed by atoms with Crippen LogP contribution in [0.25, 0.3) is 0 Å². The maximum absolute atomic E-state index is 12.8. The van der Waals surface area contributed by atoms with Crippen molar-refractivity contribution in [1.29, 1.82) is 0 Å². The Morgan fingerprint density at radius 1 is 1.03 bits per heavy atom. The molecule has 30 heavy (non-hydrogen) atoms. The number of para-hydroxylation sites is 1. The first-order valence-corrected chi connectivity index (χ1v) is 11.5.